The Morgan fingerprint density at radius 3 is 2.09 bits per heavy atom. The molecule has 2 fully saturated rings. The van der Waals surface area contributed by atoms with Gasteiger partial charge in [-0.3, -0.25) is 39.4 Å². The van der Waals surface area contributed by atoms with Gasteiger partial charge in [0.25, 0.3) is 5.91 Å². The van der Waals surface area contributed by atoms with Crippen molar-refractivity contribution in [3.63, 3.8) is 0 Å². The Morgan fingerprint density at radius 2 is 1.58 bits per heavy atom. The fraction of sp³-hybridized carbons (Fsp3) is 0.296. The Kier molecular flexibility index (Phi) is 7.32. The molecule has 15 nitrogen and oxygen atoms in total. The first-order chi connectivity index (χ1) is 20.1. The Labute approximate surface area is 252 Å². The van der Waals surface area contributed by atoms with Crippen LogP contribution in [0.15, 0.2) is 57.4 Å². The third-order valence-electron chi connectivity index (χ3n) is 7.47. The number of primary amides is 1. The van der Waals surface area contributed by atoms with E-state index in [1.54, 1.807) is 24.3 Å². The first-order valence-electron chi connectivity index (χ1n) is 12.8. The minimum atomic E-state index is -1.52. The highest BCUT2D eigenvalue weighted by molar-refractivity contribution is 9.10. The molecule has 2 aliphatic rings. The summed E-state index contributed by atoms with van der Waals surface area (Å²) < 4.78 is 6.97. The molecule has 3 aromatic rings. The van der Waals surface area contributed by atoms with Crippen molar-refractivity contribution < 1.29 is 33.5 Å². The molecule has 3 atom stereocenters. The zero-order valence-electron chi connectivity index (χ0n) is 23.2. The highest BCUT2D eigenvalue weighted by Crippen LogP contribution is 2.50. The summed E-state index contributed by atoms with van der Waals surface area (Å²) in [7, 11) is 2.79. The van der Waals surface area contributed by atoms with Crippen molar-refractivity contribution in [3.8, 4) is 11.3 Å². The number of rotatable bonds is 8. The van der Waals surface area contributed by atoms with Crippen molar-refractivity contribution in [2.75, 3.05) is 23.9 Å². The SMILES string of the molecule is CN(C)c1c([N+](=O)[O-])cc(N2C(=O)C3ON(C(C)(C)C(N)=O)C(c4ccc(-c5ccc(Br)cc5)o4)C3C2=O)cc1[N+](=O)[O-]. The Bertz CT molecular complexity index is 1650. The van der Waals surface area contributed by atoms with Gasteiger partial charge in [-0.15, -0.1) is 0 Å². The fourth-order valence-corrected chi connectivity index (χ4v) is 5.55. The van der Waals surface area contributed by atoms with E-state index in [1.807, 2.05) is 12.1 Å². The van der Waals surface area contributed by atoms with E-state index in [-0.39, 0.29) is 17.1 Å². The van der Waals surface area contributed by atoms with Crippen LogP contribution in [0, 0.1) is 26.1 Å². The van der Waals surface area contributed by atoms with Crippen molar-refractivity contribution in [1.82, 2.24) is 5.06 Å². The van der Waals surface area contributed by atoms with Crippen molar-refractivity contribution in [2.45, 2.75) is 31.5 Å². The van der Waals surface area contributed by atoms with Crippen LogP contribution in [0.3, 0.4) is 0 Å². The quantitative estimate of drug-likeness (QED) is 0.211. The third kappa shape index (κ3) is 4.82. The predicted octanol–water partition coefficient (Wildman–Crippen LogP) is 3.70. The van der Waals surface area contributed by atoms with Crippen LogP contribution in [-0.2, 0) is 19.2 Å². The zero-order valence-corrected chi connectivity index (χ0v) is 24.8. The predicted molar refractivity (Wildman–Crippen MR) is 155 cm³/mol. The number of hydrogen-bond acceptors (Lipinski definition) is 11. The molecule has 3 heterocycles. The van der Waals surface area contributed by atoms with Crippen molar-refractivity contribution >= 4 is 56.4 Å². The molecule has 0 radical (unpaired) electrons. The summed E-state index contributed by atoms with van der Waals surface area (Å²) in [6.45, 7) is 2.92. The molecule has 5 rings (SSSR count). The van der Waals surface area contributed by atoms with E-state index < -0.39 is 62.5 Å². The van der Waals surface area contributed by atoms with Crippen LogP contribution in [0.1, 0.15) is 25.6 Å². The molecular weight excluding hydrogens is 632 g/mol. The second-order valence-corrected chi connectivity index (χ2v) is 11.6. The maximum Gasteiger partial charge on any atom is 0.301 e. The summed E-state index contributed by atoms with van der Waals surface area (Å²) in [6, 6.07) is 11.2. The minimum absolute atomic E-state index is 0.183. The van der Waals surface area contributed by atoms with Gasteiger partial charge in [0.1, 0.15) is 29.0 Å². The monoisotopic (exact) mass is 656 g/mol. The fourth-order valence-electron chi connectivity index (χ4n) is 5.28. The van der Waals surface area contributed by atoms with E-state index in [0.717, 1.165) is 21.7 Å². The molecule has 0 saturated carbocycles. The number of anilines is 2. The number of nitro groups is 2. The number of nitrogens with two attached hydrogens (primary N) is 1. The van der Waals surface area contributed by atoms with Gasteiger partial charge in [0.15, 0.2) is 11.8 Å². The van der Waals surface area contributed by atoms with Gasteiger partial charge in [-0.1, -0.05) is 28.1 Å². The van der Waals surface area contributed by atoms with Gasteiger partial charge in [0.05, 0.1) is 15.5 Å². The number of fused-ring (bicyclic) bond motifs is 1. The number of amides is 3. The first kappa shape index (κ1) is 29.8. The summed E-state index contributed by atoms with van der Waals surface area (Å²) in [5.74, 6) is -3.26. The number of furan rings is 1. The van der Waals surface area contributed by atoms with Crippen LogP contribution in [0.25, 0.3) is 11.3 Å². The van der Waals surface area contributed by atoms with Crippen LogP contribution in [0.4, 0.5) is 22.7 Å². The Balaban J connectivity index is 1.62. The smallest absolute Gasteiger partial charge is 0.301 e. The normalized spacial score (nSPS) is 20.4. The van der Waals surface area contributed by atoms with Crippen LogP contribution >= 0.6 is 15.9 Å². The molecule has 1 aromatic heterocycles. The van der Waals surface area contributed by atoms with Crippen LogP contribution in [0.2, 0.25) is 0 Å². The van der Waals surface area contributed by atoms with Crippen molar-refractivity contribution in [1.29, 1.82) is 0 Å². The molecule has 0 bridgehead atoms. The molecule has 2 saturated heterocycles. The van der Waals surface area contributed by atoms with Gasteiger partial charge in [0, 0.05) is 36.3 Å². The molecule has 16 heteroatoms. The summed E-state index contributed by atoms with van der Waals surface area (Å²) in [5.41, 5.74) is 2.82. The van der Waals surface area contributed by atoms with Gasteiger partial charge in [-0.2, -0.15) is 5.06 Å². The van der Waals surface area contributed by atoms with E-state index >= 15 is 0 Å². The number of hydroxylamine groups is 2. The average molecular weight is 657 g/mol. The lowest BCUT2D eigenvalue weighted by atomic mass is 9.92. The number of nitro benzene ring substituents is 2. The molecule has 3 unspecified atom stereocenters. The topological polar surface area (TPSA) is 196 Å². The maximum absolute atomic E-state index is 14.0. The largest absolute Gasteiger partial charge is 0.459 e. The first-order valence-corrected chi connectivity index (χ1v) is 13.6. The Morgan fingerprint density at radius 1 is 1.00 bits per heavy atom. The van der Waals surface area contributed by atoms with E-state index in [0.29, 0.717) is 16.2 Å². The lowest BCUT2D eigenvalue weighted by molar-refractivity contribution is -0.392. The molecule has 43 heavy (non-hydrogen) atoms. The average Bonchev–Trinajstić information content (AvgIpc) is 3.63. The van der Waals surface area contributed by atoms with Crippen LogP contribution in [0.5, 0.6) is 0 Å². The van der Waals surface area contributed by atoms with Crippen molar-refractivity contribution in [3.05, 3.63) is 79.0 Å². The van der Waals surface area contributed by atoms with E-state index in [2.05, 4.69) is 15.9 Å². The zero-order chi connectivity index (χ0) is 31.5. The molecular formula is C27H25BrN6O9. The van der Waals surface area contributed by atoms with Crippen LogP contribution in [-0.4, -0.2) is 58.4 Å². The van der Waals surface area contributed by atoms with Gasteiger partial charge < -0.3 is 15.1 Å². The van der Waals surface area contributed by atoms with Gasteiger partial charge in [0.2, 0.25) is 11.8 Å². The van der Waals surface area contributed by atoms with Gasteiger partial charge >= 0.3 is 11.4 Å². The molecule has 0 spiro atoms. The van der Waals surface area contributed by atoms with Gasteiger partial charge in [-0.05, 0) is 38.1 Å². The number of hydrogen-bond donors (Lipinski definition) is 1. The molecule has 2 N–H and O–H groups in total. The standard InChI is InChI=1S/C27H25BrN6O9/c1-27(2,26(29)37)32-22(19-10-9-18(42-19)13-5-7-14(28)8-6-13)20-23(43-32)25(36)31(24(20)35)15-11-16(33(38)39)21(30(3)4)17(12-15)34(40)41/h5-12,20,22-23H,1-4H3,(H2,29,37). The third-order valence-corrected chi connectivity index (χ3v) is 8.00. The number of carbonyl (C=O) groups is 3. The molecule has 2 aliphatic heterocycles. The number of benzene rings is 2. The summed E-state index contributed by atoms with van der Waals surface area (Å²) >= 11 is 3.37. The number of imide groups is 1. The van der Waals surface area contributed by atoms with E-state index in [1.165, 1.54) is 32.8 Å². The highest BCUT2D eigenvalue weighted by atomic mass is 79.9. The number of carbonyl (C=O) groups excluding carboxylic acids is 3. The summed E-state index contributed by atoms with van der Waals surface area (Å²) in [5, 5.41) is 24.9. The lowest BCUT2D eigenvalue weighted by Gasteiger charge is -2.36. The molecule has 224 valence electrons. The van der Waals surface area contributed by atoms with Crippen molar-refractivity contribution in [2.24, 2.45) is 11.7 Å². The summed E-state index contributed by atoms with van der Waals surface area (Å²) in [6.07, 6.45) is -1.48. The number of halogens is 1. The molecule has 0 aliphatic carbocycles. The minimum Gasteiger partial charge on any atom is -0.459 e. The molecule has 2 aromatic carbocycles. The second-order valence-electron chi connectivity index (χ2n) is 10.7. The lowest BCUT2D eigenvalue weighted by Crippen LogP contribution is -2.54. The van der Waals surface area contributed by atoms with E-state index in [9.17, 15) is 34.6 Å². The highest BCUT2D eigenvalue weighted by Gasteiger charge is 2.64. The summed E-state index contributed by atoms with van der Waals surface area (Å²) in [4.78, 5) is 70.1. The Hall–Kier alpha value is -4.67. The maximum atomic E-state index is 14.0. The second kappa shape index (κ2) is 10.6. The van der Waals surface area contributed by atoms with E-state index in [4.69, 9.17) is 15.0 Å². The van der Waals surface area contributed by atoms with Gasteiger partial charge in [-0.25, -0.2) is 4.90 Å². The molecule has 3 amide bonds. The van der Waals surface area contributed by atoms with Crippen LogP contribution < -0.4 is 15.5 Å². The number of nitrogens with zero attached hydrogens (tertiary/aromatic N) is 5.